The molecule has 0 radical (unpaired) electrons. The third kappa shape index (κ3) is 5.16. The lowest BCUT2D eigenvalue weighted by Crippen LogP contribution is -2.49. The molecule has 26 heavy (non-hydrogen) atoms. The van der Waals surface area contributed by atoms with Gasteiger partial charge in [0.15, 0.2) is 0 Å². The number of piperazine rings is 1. The number of carbonyl (C=O) groups is 1. The van der Waals surface area contributed by atoms with Gasteiger partial charge in [0.2, 0.25) is 5.91 Å². The molecule has 1 heterocycles. The molecule has 0 saturated carbocycles. The fourth-order valence-electron chi connectivity index (χ4n) is 3.01. The summed E-state index contributed by atoms with van der Waals surface area (Å²) in [5, 5.41) is 10.9. The van der Waals surface area contributed by atoms with Gasteiger partial charge in [0.1, 0.15) is 0 Å². The summed E-state index contributed by atoms with van der Waals surface area (Å²) in [5.74, 6) is 1.07. The van der Waals surface area contributed by atoms with Crippen LogP contribution in [0.5, 0.6) is 0 Å². The predicted molar refractivity (Wildman–Crippen MR) is 109 cm³/mol. The molecule has 1 fully saturated rings. The van der Waals surface area contributed by atoms with E-state index in [1.54, 1.807) is 0 Å². The lowest BCUT2D eigenvalue weighted by atomic mass is 10.1. The summed E-state index contributed by atoms with van der Waals surface area (Å²) in [6.07, 6.45) is -0.534. The molecule has 3 rings (SSSR count). The summed E-state index contributed by atoms with van der Waals surface area (Å²) >= 11 is 7.54. The minimum atomic E-state index is -0.534. The van der Waals surface area contributed by atoms with Crippen molar-refractivity contribution in [2.24, 2.45) is 0 Å². The summed E-state index contributed by atoms with van der Waals surface area (Å²) in [6, 6.07) is 17.4. The molecule has 1 N–H and O–H groups in total. The standard InChI is InChI=1S/C20H23ClN2O2S/c21-17-7-4-8-18(13-17)22-9-11-23(12-10-22)20(25)15-26-14-19(24)16-5-2-1-3-6-16/h1-8,13,19,24H,9-12,14-15H2. The summed E-state index contributed by atoms with van der Waals surface area (Å²) in [6.45, 7) is 3.05. The van der Waals surface area contributed by atoms with E-state index >= 15 is 0 Å². The van der Waals surface area contributed by atoms with E-state index in [2.05, 4.69) is 4.90 Å². The first-order chi connectivity index (χ1) is 12.6. The second kappa shape index (κ2) is 9.31. The summed E-state index contributed by atoms with van der Waals surface area (Å²) in [5.41, 5.74) is 1.99. The zero-order valence-corrected chi connectivity index (χ0v) is 16.1. The molecule has 2 aromatic rings. The maximum atomic E-state index is 12.4. The Morgan fingerprint density at radius 1 is 1.08 bits per heavy atom. The highest BCUT2D eigenvalue weighted by molar-refractivity contribution is 7.99. The molecule has 1 saturated heterocycles. The van der Waals surface area contributed by atoms with Crippen LogP contribution in [0.1, 0.15) is 11.7 Å². The highest BCUT2D eigenvalue weighted by Gasteiger charge is 2.21. The number of benzene rings is 2. The van der Waals surface area contributed by atoms with Gasteiger partial charge in [0.25, 0.3) is 0 Å². The van der Waals surface area contributed by atoms with Crippen LogP contribution < -0.4 is 4.90 Å². The van der Waals surface area contributed by atoms with E-state index in [1.807, 2.05) is 59.5 Å². The van der Waals surface area contributed by atoms with E-state index in [0.717, 1.165) is 29.4 Å². The highest BCUT2D eigenvalue weighted by Crippen LogP contribution is 2.22. The summed E-state index contributed by atoms with van der Waals surface area (Å²) < 4.78 is 0. The number of aliphatic hydroxyl groups excluding tert-OH is 1. The number of hydrogen-bond donors (Lipinski definition) is 1. The zero-order valence-electron chi connectivity index (χ0n) is 14.6. The number of aliphatic hydroxyl groups is 1. The molecule has 1 amide bonds. The van der Waals surface area contributed by atoms with Gasteiger partial charge in [0.05, 0.1) is 11.9 Å². The molecule has 1 unspecified atom stereocenters. The number of carbonyl (C=O) groups excluding carboxylic acids is 1. The normalized spacial score (nSPS) is 15.8. The van der Waals surface area contributed by atoms with Gasteiger partial charge in [-0.05, 0) is 23.8 Å². The van der Waals surface area contributed by atoms with Crippen LogP contribution in [0.2, 0.25) is 5.02 Å². The van der Waals surface area contributed by atoms with Crippen LogP contribution >= 0.6 is 23.4 Å². The Morgan fingerprint density at radius 2 is 1.81 bits per heavy atom. The van der Waals surface area contributed by atoms with Crippen molar-refractivity contribution in [2.75, 3.05) is 42.6 Å². The number of rotatable bonds is 6. The average Bonchev–Trinajstić information content (AvgIpc) is 2.68. The molecule has 0 bridgehead atoms. The number of thioether (sulfide) groups is 1. The predicted octanol–water partition coefficient (Wildman–Crippen LogP) is 3.46. The first kappa shape index (κ1) is 19.1. The second-order valence-corrected chi connectivity index (χ2v) is 7.76. The van der Waals surface area contributed by atoms with Gasteiger partial charge >= 0.3 is 0 Å². The van der Waals surface area contributed by atoms with Crippen molar-refractivity contribution in [2.45, 2.75) is 6.10 Å². The zero-order chi connectivity index (χ0) is 18.4. The van der Waals surface area contributed by atoms with Crippen molar-refractivity contribution < 1.29 is 9.90 Å². The van der Waals surface area contributed by atoms with Gasteiger partial charge in [-0.2, -0.15) is 0 Å². The fourth-order valence-corrected chi connectivity index (χ4v) is 4.08. The third-order valence-corrected chi connectivity index (χ3v) is 5.73. The largest absolute Gasteiger partial charge is 0.388 e. The molecule has 6 heteroatoms. The Morgan fingerprint density at radius 3 is 2.50 bits per heavy atom. The average molecular weight is 391 g/mol. The van der Waals surface area contributed by atoms with Gasteiger partial charge < -0.3 is 14.9 Å². The van der Waals surface area contributed by atoms with Crippen molar-refractivity contribution in [3.63, 3.8) is 0 Å². The van der Waals surface area contributed by atoms with Gasteiger partial charge in [-0.1, -0.05) is 48.0 Å². The molecular weight excluding hydrogens is 368 g/mol. The Kier molecular flexibility index (Phi) is 6.83. The Labute approximate surface area is 163 Å². The molecule has 0 spiro atoms. The molecule has 4 nitrogen and oxygen atoms in total. The minimum absolute atomic E-state index is 0.140. The van der Waals surface area contributed by atoms with Crippen molar-refractivity contribution in [3.05, 3.63) is 65.2 Å². The molecule has 1 atom stereocenters. The number of amides is 1. The fraction of sp³-hybridized carbons (Fsp3) is 0.350. The van der Waals surface area contributed by atoms with Crippen molar-refractivity contribution in [3.8, 4) is 0 Å². The maximum Gasteiger partial charge on any atom is 0.232 e. The number of nitrogens with zero attached hydrogens (tertiary/aromatic N) is 2. The van der Waals surface area contributed by atoms with E-state index in [9.17, 15) is 9.90 Å². The summed E-state index contributed by atoms with van der Waals surface area (Å²) in [4.78, 5) is 16.6. The topological polar surface area (TPSA) is 43.8 Å². The van der Waals surface area contributed by atoms with Crippen LogP contribution in [0.15, 0.2) is 54.6 Å². The van der Waals surface area contributed by atoms with Gasteiger partial charge in [-0.15, -0.1) is 11.8 Å². The van der Waals surface area contributed by atoms with Crippen LogP contribution in [0, 0.1) is 0 Å². The Bertz CT molecular complexity index is 721. The molecule has 138 valence electrons. The molecule has 1 aliphatic rings. The third-order valence-electron chi connectivity index (χ3n) is 4.49. The molecular formula is C20H23ClN2O2S. The lowest BCUT2D eigenvalue weighted by Gasteiger charge is -2.36. The second-order valence-electron chi connectivity index (χ2n) is 6.29. The monoisotopic (exact) mass is 390 g/mol. The van der Waals surface area contributed by atoms with Crippen LogP contribution in [0.25, 0.3) is 0 Å². The van der Waals surface area contributed by atoms with Crippen molar-refractivity contribution >= 4 is 35.0 Å². The van der Waals surface area contributed by atoms with Crippen LogP contribution in [0.3, 0.4) is 0 Å². The highest BCUT2D eigenvalue weighted by atomic mass is 35.5. The number of anilines is 1. The van der Waals surface area contributed by atoms with Crippen LogP contribution in [-0.2, 0) is 4.79 Å². The number of halogens is 1. The van der Waals surface area contributed by atoms with Gasteiger partial charge in [-0.25, -0.2) is 0 Å². The van der Waals surface area contributed by atoms with E-state index < -0.39 is 6.10 Å². The lowest BCUT2D eigenvalue weighted by molar-refractivity contribution is -0.128. The van der Waals surface area contributed by atoms with Gasteiger partial charge in [0, 0.05) is 42.6 Å². The van der Waals surface area contributed by atoms with Crippen LogP contribution in [-0.4, -0.2) is 53.6 Å². The maximum absolute atomic E-state index is 12.4. The first-order valence-corrected chi connectivity index (χ1v) is 10.3. The van der Waals surface area contributed by atoms with E-state index in [0.29, 0.717) is 24.6 Å². The minimum Gasteiger partial charge on any atom is -0.388 e. The van der Waals surface area contributed by atoms with Crippen molar-refractivity contribution in [1.82, 2.24) is 4.90 Å². The summed E-state index contributed by atoms with van der Waals surface area (Å²) in [7, 11) is 0. The van der Waals surface area contributed by atoms with Crippen molar-refractivity contribution in [1.29, 1.82) is 0 Å². The van der Waals surface area contributed by atoms with E-state index in [4.69, 9.17) is 11.6 Å². The smallest absolute Gasteiger partial charge is 0.232 e. The number of hydrogen-bond acceptors (Lipinski definition) is 4. The molecule has 2 aromatic carbocycles. The first-order valence-electron chi connectivity index (χ1n) is 8.72. The Hall–Kier alpha value is -1.69. The van der Waals surface area contributed by atoms with E-state index in [-0.39, 0.29) is 5.91 Å². The van der Waals surface area contributed by atoms with Crippen LogP contribution in [0.4, 0.5) is 5.69 Å². The SMILES string of the molecule is O=C(CSCC(O)c1ccccc1)N1CCN(c2cccc(Cl)c2)CC1. The Balaban J connectivity index is 1.41. The van der Waals surface area contributed by atoms with Gasteiger partial charge in [-0.3, -0.25) is 4.79 Å². The van der Waals surface area contributed by atoms with E-state index in [1.165, 1.54) is 11.8 Å². The molecule has 0 aromatic heterocycles. The molecule has 0 aliphatic carbocycles. The quantitative estimate of drug-likeness (QED) is 0.820. The molecule has 1 aliphatic heterocycles.